The number of hydrogen-bond acceptors (Lipinski definition) is 2. The van der Waals surface area contributed by atoms with Crippen LogP contribution >= 0.6 is 11.6 Å². The monoisotopic (exact) mass is 376 g/mol. The highest BCUT2D eigenvalue weighted by atomic mass is 35.5. The van der Waals surface area contributed by atoms with Crippen LogP contribution in [0.4, 0.5) is 5.69 Å². The standard InChI is InChI=1S/C19H21ClN2O2S/c1-12(2)22-8-7-15-5-6-16(11-18(15)22)21-25(23,24)19-10-13(3)17(20)9-14(19)4/h5-12,21H,1-4H3. The summed E-state index contributed by atoms with van der Waals surface area (Å²) in [6, 6.07) is 11.2. The van der Waals surface area contributed by atoms with Gasteiger partial charge >= 0.3 is 0 Å². The molecule has 0 unspecified atom stereocenters. The summed E-state index contributed by atoms with van der Waals surface area (Å²) in [5, 5.41) is 1.64. The van der Waals surface area contributed by atoms with Gasteiger partial charge < -0.3 is 4.57 Å². The summed E-state index contributed by atoms with van der Waals surface area (Å²) < 4.78 is 30.4. The maximum Gasteiger partial charge on any atom is 0.262 e. The molecule has 0 radical (unpaired) electrons. The molecule has 0 fully saturated rings. The molecule has 0 atom stereocenters. The van der Waals surface area contributed by atoms with Gasteiger partial charge in [0.05, 0.1) is 16.1 Å². The summed E-state index contributed by atoms with van der Waals surface area (Å²) in [5.41, 5.74) is 2.89. The van der Waals surface area contributed by atoms with Crippen molar-refractivity contribution in [3.63, 3.8) is 0 Å². The van der Waals surface area contributed by atoms with E-state index in [-0.39, 0.29) is 4.90 Å². The van der Waals surface area contributed by atoms with Crippen molar-refractivity contribution in [2.75, 3.05) is 4.72 Å². The lowest BCUT2D eigenvalue weighted by Gasteiger charge is -2.13. The quantitative estimate of drug-likeness (QED) is 0.672. The van der Waals surface area contributed by atoms with E-state index in [9.17, 15) is 8.42 Å². The molecule has 0 amide bonds. The highest BCUT2D eigenvalue weighted by Crippen LogP contribution is 2.28. The first-order valence-corrected chi connectivity index (χ1v) is 9.95. The third-order valence-corrected chi connectivity index (χ3v) is 6.21. The van der Waals surface area contributed by atoms with Crippen molar-refractivity contribution >= 4 is 38.2 Å². The predicted molar refractivity (Wildman–Crippen MR) is 104 cm³/mol. The van der Waals surface area contributed by atoms with E-state index in [1.165, 1.54) is 0 Å². The lowest BCUT2D eigenvalue weighted by Crippen LogP contribution is -2.14. The van der Waals surface area contributed by atoms with E-state index in [2.05, 4.69) is 23.1 Å². The highest BCUT2D eigenvalue weighted by molar-refractivity contribution is 7.92. The Morgan fingerprint density at radius 3 is 2.44 bits per heavy atom. The van der Waals surface area contributed by atoms with Crippen molar-refractivity contribution < 1.29 is 8.42 Å². The number of rotatable bonds is 4. The summed E-state index contributed by atoms with van der Waals surface area (Å²) in [6.45, 7) is 7.72. The minimum atomic E-state index is -3.69. The molecule has 0 aliphatic rings. The number of aryl methyl sites for hydroxylation is 2. The zero-order valence-electron chi connectivity index (χ0n) is 14.7. The summed E-state index contributed by atoms with van der Waals surface area (Å²) in [6.07, 6.45) is 2.01. The van der Waals surface area contributed by atoms with Crippen LogP contribution in [0.3, 0.4) is 0 Å². The molecule has 4 nitrogen and oxygen atoms in total. The Balaban J connectivity index is 2.02. The van der Waals surface area contributed by atoms with Gasteiger partial charge in [-0.2, -0.15) is 0 Å². The van der Waals surface area contributed by atoms with E-state index in [4.69, 9.17) is 11.6 Å². The number of sulfonamides is 1. The average Bonchev–Trinajstić information content (AvgIpc) is 2.93. The van der Waals surface area contributed by atoms with Crippen LogP contribution in [0.1, 0.15) is 31.0 Å². The van der Waals surface area contributed by atoms with E-state index in [0.717, 1.165) is 16.5 Å². The van der Waals surface area contributed by atoms with Crippen molar-refractivity contribution in [3.05, 3.63) is 58.7 Å². The van der Waals surface area contributed by atoms with Gasteiger partial charge in [-0.05, 0) is 74.5 Å². The second kappa shape index (κ2) is 6.39. The molecule has 3 aromatic rings. The Hall–Kier alpha value is -1.98. The molecule has 0 saturated carbocycles. The van der Waals surface area contributed by atoms with Crippen LogP contribution in [0.2, 0.25) is 5.02 Å². The number of halogens is 1. The van der Waals surface area contributed by atoms with Crippen LogP contribution in [0.25, 0.3) is 10.9 Å². The van der Waals surface area contributed by atoms with E-state index >= 15 is 0 Å². The second-order valence-electron chi connectivity index (χ2n) is 6.56. The lowest BCUT2D eigenvalue weighted by atomic mass is 10.2. The fourth-order valence-electron chi connectivity index (χ4n) is 2.92. The number of fused-ring (bicyclic) bond motifs is 1. The molecule has 25 heavy (non-hydrogen) atoms. The third kappa shape index (κ3) is 3.39. The van der Waals surface area contributed by atoms with Gasteiger partial charge in [0.15, 0.2) is 0 Å². The number of aromatic nitrogens is 1. The van der Waals surface area contributed by atoms with Gasteiger partial charge in [-0.15, -0.1) is 0 Å². The largest absolute Gasteiger partial charge is 0.345 e. The lowest BCUT2D eigenvalue weighted by molar-refractivity contribution is 0.600. The molecule has 132 valence electrons. The van der Waals surface area contributed by atoms with E-state index in [1.54, 1.807) is 32.0 Å². The predicted octanol–water partition coefficient (Wildman–Crippen LogP) is 5.29. The van der Waals surface area contributed by atoms with Crippen LogP contribution in [-0.4, -0.2) is 13.0 Å². The average molecular weight is 377 g/mol. The van der Waals surface area contributed by atoms with Gasteiger partial charge in [0.1, 0.15) is 0 Å². The van der Waals surface area contributed by atoms with Crippen LogP contribution in [-0.2, 0) is 10.0 Å². The summed E-state index contributed by atoms with van der Waals surface area (Å²) >= 11 is 6.08. The van der Waals surface area contributed by atoms with Crippen LogP contribution in [0.15, 0.2) is 47.5 Å². The van der Waals surface area contributed by atoms with Gasteiger partial charge in [0.2, 0.25) is 0 Å². The Morgan fingerprint density at radius 2 is 1.76 bits per heavy atom. The zero-order valence-corrected chi connectivity index (χ0v) is 16.2. The van der Waals surface area contributed by atoms with Crippen molar-refractivity contribution in [1.82, 2.24) is 4.57 Å². The smallest absolute Gasteiger partial charge is 0.262 e. The minimum Gasteiger partial charge on any atom is -0.345 e. The molecular weight excluding hydrogens is 356 g/mol. The van der Waals surface area contributed by atoms with Gasteiger partial charge in [0.25, 0.3) is 10.0 Å². The Kier molecular flexibility index (Phi) is 4.56. The maximum absolute atomic E-state index is 12.8. The molecule has 0 aliphatic heterocycles. The summed E-state index contributed by atoms with van der Waals surface area (Å²) in [7, 11) is -3.69. The van der Waals surface area contributed by atoms with E-state index in [1.807, 2.05) is 24.4 Å². The molecule has 0 spiro atoms. The fourth-order valence-corrected chi connectivity index (χ4v) is 4.50. The molecule has 1 aromatic heterocycles. The number of nitrogens with zero attached hydrogens (tertiary/aromatic N) is 1. The third-order valence-electron chi connectivity index (χ3n) is 4.28. The number of benzene rings is 2. The van der Waals surface area contributed by atoms with Gasteiger partial charge in [-0.1, -0.05) is 17.7 Å². The Labute approximate surface area is 153 Å². The maximum atomic E-state index is 12.8. The summed E-state index contributed by atoms with van der Waals surface area (Å²) in [4.78, 5) is 0.244. The molecule has 1 heterocycles. The Morgan fingerprint density at radius 1 is 1.04 bits per heavy atom. The van der Waals surface area contributed by atoms with Crippen molar-refractivity contribution in [2.45, 2.75) is 38.6 Å². The topological polar surface area (TPSA) is 51.1 Å². The van der Waals surface area contributed by atoms with Crippen LogP contribution in [0.5, 0.6) is 0 Å². The molecule has 0 bridgehead atoms. The first kappa shape index (κ1) is 17.8. The molecule has 6 heteroatoms. The van der Waals surface area contributed by atoms with Gasteiger partial charge in [-0.3, -0.25) is 4.72 Å². The van der Waals surface area contributed by atoms with Crippen LogP contribution in [0, 0.1) is 13.8 Å². The molecule has 1 N–H and O–H groups in total. The van der Waals surface area contributed by atoms with Crippen molar-refractivity contribution in [3.8, 4) is 0 Å². The van der Waals surface area contributed by atoms with Gasteiger partial charge in [-0.25, -0.2) is 8.42 Å². The molecule has 0 aliphatic carbocycles. The first-order valence-electron chi connectivity index (χ1n) is 8.09. The van der Waals surface area contributed by atoms with E-state index < -0.39 is 10.0 Å². The zero-order chi connectivity index (χ0) is 18.4. The number of hydrogen-bond donors (Lipinski definition) is 1. The van der Waals surface area contributed by atoms with Crippen molar-refractivity contribution in [1.29, 1.82) is 0 Å². The number of anilines is 1. The first-order chi connectivity index (χ1) is 11.7. The van der Waals surface area contributed by atoms with E-state index in [0.29, 0.717) is 22.3 Å². The number of nitrogens with one attached hydrogen (secondary N) is 1. The molecule has 2 aromatic carbocycles. The molecule has 0 saturated heterocycles. The van der Waals surface area contributed by atoms with Crippen molar-refractivity contribution in [2.24, 2.45) is 0 Å². The van der Waals surface area contributed by atoms with Gasteiger partial charge in [0, 0.05) is 17.3 Å². The molecule has 3 rings (SSSR count). The molecular formula is C19H21ClN2O2S. The minimum absolute atomic E-state index is 0.244. The second-order valence-corrected chi connectivity index (χ2v) is 8.62. The SMILES string of the molecule is Cc1cc(S(=O)(=O)Nc2ccc3ccn(C(C)C)c3c2)c(C)cc1Cl. The Bertz CT molecular complexity index is 1050. The summed E-state index contributed by atoms with van der Waals surface area (Å²) in [5.74, 6) is 0. The normalized spacial score (nSPS) is 12.1. The fraction of sp³-hybridized carbons (Fsp3) is 0.263. The highest BCUT2D eigenvalue weighted by Gasteiger charge is 2.19. The van der Waals surface area contributed by atoms with Crippen LogP contribution < -0.4 is 4.72 Å².